The van der Waals surface area contributed by atoms with Crippen molar-refractivity contribution in [2.24, 2.45) is 10.8 Å². The van der Waals surface area contributed by atoms with Crippen LogP contribution in [0, 0.1) is 0 Å². The average molecular weight is 99.1 g/mol. The Morgan fingerprint density at radius 1 is 1.86 bits per heavy atom. The maximum Gasteiger partial charge on any atom is 0.104 e. The minimum atomic E-state index is 1.35. The molecule has 0 rings (SSSR count). The van der Waals surface area contributed by atoms with Gasteiger partial charge in [0.25, 0.3) is 0 Å². The molecule has 0 aliphatic heterocycles. The van der Waals surface area contributed by atoms with E-state index in [-0.39, 0.29) is 0 Å². The van der Waals surface area contributed by atoms with E-state index in [1.807, 2.05) is 0 Å². The molecular formula is C4H9N3. The molecule has 0 aromatic heterocycles. The Kier molecular flexibility index (Phi) is 2.96. The van der Waals surface area contributed by atoms with Crippen molar-refractivity contribution in [1.82, 2.24) is 5.01 Å². The molecule has 3 heteroatoms. The third kappa shape index (κ3) is 5.17. The van der Waals surface area contributed by atoms with E-state index in [0.29, 0.717) is 0 Å². The Morgan fingerprint density at radius 3 is 2.57 bits per heavy atom. The van der Waals surface area contributed by atoms with E-state index < -0.39 is 0 Å². The molecule has 0 fully saturated rings. The van der Waals surface area contributed by atoms with E-state index in [9.17, 15) is 0 Å². The molecule has 0 saturated carbocycles. The van der Waals surface area contributed by atoms with Gasteiger partial charge in [-0.1, -0.05) is 6.58 Å². The third-order valence-corrected chi connectivity index (χ3v) is 0.354. The van der Waals surface area contributed by atoms with Crippen LogP contribution in [-0.4, -0.2) is 18.4 Å². The third-order valence-electron chi connectivity index (χ3n) is 0.354. The second kappa shape index (κ2) is 3.36. The lowest BCUT2D eigenvalue weighted by atomic mass is 11.0. The molecule has 0 aliphatic rings. The molecule has 0 unspecified atom stereocenters. The first-order valence-corrected chi connectivity index (χ1v) is 1.89. The number of nitrogens with two attached hydrogens (primary N) is 1. The summed E-state index contributed by atoms with van der Waals surface area (Å²) in [5.74, 6) is 5.11. The van der Waals surface area contributed by atoms with Gasteiger partial charge in [0.2, 0.25) is 0 Å². The van der Waals surface area contributed by atoms with Crippen molar-refractivity contribution in [1.29, 1.82) is 0 Å². The maximum absolute atomic E-state index is 5.11. The average Bonchev–Trinajstić information content (AvgIpc) is 1.61. The highest BCUT2D eigenvalue weighted by molar-refractivity contribution is 5.53. The highest BCUT2D eigenvalue weighted by atomic mass is 15.4. The first kappa shape index (κ1) is 6.17. The van der Waals surface area contributed by atoms with Gasteiger partial charge < -0.3 is 5.01 Å². The van der Waals surface area contributed by atoms with E-state index in [1.54, 1.807) is 7.05 Å². The topological polar surface area (TPSA) is 41.6 Å². The number of hydrogen-bond acceptors (Lipinski definition) is 2. The van der Waals surface area contributed by atoms with Crippen molar-refractivity contribution >= 4 is 6.34 Å². The predicted octanol–water partition coefficient (Wildman–Crippen LogP) is -0.0363. The zero-order valence-electron chi connectivity index (χ0n) is 4.33. The zero-order chi connectivity index (χ0) is 5.70. The van der Waals surface area contributed by atoms with Crippen LogP contribution in [0.15, 0.2) is 17.8 Å². The summed E-state index contributed by atoms with van der Waals surface area (Å²) in [6.07, 6.45) is 2.89. The summed E-state index contributed by atoms with van der Waals surface area (Å²) in [5.41, 5.74) is 0. The molecule has 0 bridgehead atoms. The highest BCUT2D eigenvalue weighted by Crippen LogP contribution is 1.62. The highest BCUT2D eigenvalue weighted by Gasteiger charge is 1.68. The summed E-state index contributed by atoms with van der Waals surface area (Å²) in [6, 6.07) is 0. The molecule has 0 heterocycles. The minimum Gasteiger partial charge on any atom is -0.304 e. The molecule has 0 spiro atoms. The normalized spacial score (nSPS) is 9.43. The monoisotopic (exact) mass is 99.1 g/mol. The molecule has 0 atom stereocenters. The Labute approximate surface area is 43.1 Å². The van der Waals surface area contributed by atoms with E-state index in [2.05, 4.69) is 11.6 Å². The van der Waals surface area contributed by atoms with Crippen molar-refractivity contribution in [2.75, 3.05) is 7.05 Å². The molecule has 0 aromatic carbocycles. The first-order chi connectivity index (χ1) is 3.27. The summed E-state index contributed by atoms with van der Waals surface area (Å²) in [4.78, 5) is 3.61. The molecule has 3 nitrogen and oxygen atoms in total. The molecular weight excluding hydrogens is 90.1 g/mol. The van der Waals surface area contributed by atoms with Crippen molar-refractivity contribution < 1.29 is 0 Å². The van der Waals surface area contributed by atoms with Crippen molar-refractivity contribution in [3.63, 3.8) is 0 Å². The van der Waals surface area contributed by atoms with Gasteiger partial charge in [-0.25, -0.2) is 10.8 Å². The van der Waals surface area contributed by atoms with Crippen LogP contribution >= 0.6 is 0 Å². The number of hydrogen-bond donors (Lipinski definition) is 1. The number of nitrogens with zero attached hydrogens (tertiary/aromatic N) is 2. The van der Waals surface area contributed by atoms with Gasteiger partial charge in [-0.15, -0.1) is 0 Å². The minimum absolute atomic E-state index is 1.35. The Bertz CT molecular complexity index is 75.0. The van der Waals surface area contributed by atoms with Crippen LogP contribution < -0.4 is 5.84 Å². The van der Waals surface area contributed by atoms with Crippen LogP contribution in [0.4, 0.5) is 0 Å². The van der Waals surface area contributed by atoms with Crippen LogP contribution in [0.25, 0.3) is 0 Å². The van der Waals surface area contributed by atoms with E-state index >= 15 is 0 Å². The van der Waals surface area contributed by atoms with Crippen LogP contribution in [0.3, 0.4) is 0 Å². The van der Waals surface area contributed by atoms with Gasteiger partial charge in [-0.3, -0.25) is 0 Å². The predicted molar refractivity (Wildman–Crippen MR) is 30.6 cm³/mol. The maximum atomic E-state index is 5.11. The van der Waals surface area contributed by atoms with E-state index in [1.165, 1.54) is 17.5 Å². The number of rotatable bonds is 2. The fraction of sp³-hybridized carbons (Fsp3) is 0.250. The summed E-state index contributed by atoms with van der Waals surface area (Å²) in [5, 5.41) is 1.35. The van der Waals surface area contributed by atoms with E-state index in [0.717, 1.165) is 0 Å². The van der Waals surface area contributed by atoms with Gasteiger partial charge in [0, 0.05) is 13.2 Å². The summed E-state index contributed by atoms with van der Waals surface area (Å²) in [7, 11) is 1.69. The van der Waals surface area contributed by atoms with Crippen molar-refractivity contribution in [2.45, 2.75) is 0 Å². The van der Waals surface area contributed by atoms with Gasteiger partial charge in [-0.2, -0.15) is 0 Å². The molecule has 0 aliphatic carbocycles. The summed E-state index contributed by atoms with van der Waals surface area (Å²) in [6.45, 7) is 3.35. The lowest BCUT2D eigenvalue weighted by Gasteiger charge is -1.98. The Balaban J connectivity index is 3.25. The van der Waals surface area contributed by atoms with E-state index in [4.69, 9.17) is 5.84 Å². The SMILES string of the molecule is C=C/N=C\N(C)N. The van der Waals surface area contributed by atoms with Crippen molar-refractivity contribution in [3.05, 3.63) is 12.8 Å². The fourth-order valence-corrected chi connectivity index (χ4v) is 0.152. The second-order valence-electron chi connectivity index (χ2n) is 1.11. The zero-order valence-corrected chi connectivity index (χ0v) is 4.33. The second-order valence-corrected chi connectivity index (χ2v) is 1.11. The standard InChI is InChI=1S/C4H9N3/c1-3-6-4-7(2)5/h3-4H,1,5H2,2H3/b6-4-. The molecule has 0 aromatic rings. The van der Waals surface area contributed by atoms with Crippen LogP contribution in [0.2, 0.25) is 0 Å². The first-order valence-electron chi connectivity index (χ1n) is 1.89. The van der Waals surface area contributed by atoms with Gasteiger partial charge >= 0.3 is 0 Å². The number of hydrazine groups is 1. The van der Waals surface area contributed by atoms with Gasteiger partial charge in [0.15, 0.2) is 0 Å². The summed E-state index contributed by atoms with van der Waals surface area (Å²) >= 11 is 0. The van der Waals surface area contributed by atoms with Crippen LogP contribution in [0.1, 0.15) is 0 Å². The molecule has 7 heavy (non-hydrogen) atoms. The van der Waals surface area contributed by atoms with Gasteiger partial charge in [-0.05, 0) is 0 Å². The smallest absolute Gasteiger partial charge is 0.104 e. The quantitative estimate of drug-likeness (QED) is 0.228. The molecule has 2 N–H and O–H groups in total. The molecule has 0 radical (unpaired) electrons. The summed E-state index contributed by atoms with van der Waals surface area (Å²) < 4.78 is 0. The molecule has 0 amide bonds. The Hall–Kier alpha value is -0.830. The Morgan fingerprint density at radius 2 is 2.43 bits per heavy atom. The largest absolute Gasteiger partial charge is 0.304 e. The number of aliphatic imine (C=N–C) groups is 1. The van der Waals surface area contributed by atoms with Gasteiger partial charge in [0.05, 0.1) is 0 Å². The van der Waals surface area contributed by atoms with Gasteiger partial charge in [0.1, 0.15) is 6.34 Å². The van der Waals surface area contributed by atoms with Crippen molar-refractivity contribution in [3.8, 4) is 0 Å². The lowest BCUT2D eigenvalue weighted by Crippen LogP contribution is -2.23. The molecule has 0 saturated heterocycles. The van der Waals surface area contributed by atoms with Crippen LogP contribution in [0.5, 0.6) is 0 Å². The van der Waals surface area contributed by atoms with Crippen LogP contribution in [-0.2, 0) is 0 Å². The lowest BCUT2D eigenvalue weighted by molar-refractivity contribution is 0.556. The fourth-order valence-electron chi connectivity index (χ4n) is 0.152. The molecule has 40 valence electrons.